The first-order valence-corrected chi connectivity index (χ1v) is 9.64. The maximum Gasteiger partial charge on any atom is 0.317 e. The predicted molar refractivity (Wildman–Crippen MR) is 102 cm³/mol. The van der Waals surface area contributed by atoms with Crippen molar-refractivity contribution in [1.29, 1.82) is 0 Å². The predicted octanol–water partition coefficient (Wildman–Crippen LogP) is 1.50. The van der Waals surface area contributed by atoms with Crippen LogP contribution in [0.5, 0.6) is 5.75 Å². The van der Waals surface area contributed by atoms with E-state index in [0.29, 0.717) is 6.61 Å². The van der Waals surface area contributed by atoms with Gasteiger partial charge >= 0.3 is 5.97 Å². The van der Waals surface area contributed by atoms with Crippen LogP contribution in [0.1, 0.15) is 37.8 Å². The molecule has 0 radical (unpaired) electrons. The van der Waals surface area contributed by atoms with Crippen LogP contribution < -0.4 is 10.1 Å². The van der Waals surface area contributed by atoms with Crippen molar-refractivity contribution in [2.75, 3.05) is 33.3 Å². The van der Waals surface area contributed by atoms with Crippen molar-refractivity contribution in [2.24, 2.45) is 0 Å². The SMILES string of the molecule is CC(C(=O)NC1CCOc2ccccc21)N1CCC(N(C)CC(=O)O)CC1. The molecule has 1 fully saturated rings. The number of likely N-dealkylation sites (N-methyl/N-ethyl adjacent to an activating group) is 1. The molecule has 148 valence electrons. The Morgan fingerprint density at radius 1 is 1.30 bits per heavy atom. The highest BCUT2D eigenvalue weighted by atomic mass is 16.5. The van der Waals surface area contributed by atoms with E-state index in [1.807, 2.05) is 43.1 Å². The van der Waals surface area contributed by atoms with Crippen LogP contribution in [0.4, 0.5) is 0 Å². The van der Waals surface area contributed by atoms with Gasteiger partial charge in [0.25, 0.3) is 0 Å². The molecule has 7 heteroatoms. The molecule has 0 aromatic heterocycles. The van der Waals surface area contributed by atoms with Crippen LogP contribution in [0.25, 0.3) is 0 Å². The number of carbonyl (C=O) groups excluding carboxylic acids is 1. The molecule has 2 aliphatic heterocycles. The summed E-state index contributed by atoms with van der Waals surface area (Å²) in [7, 11) is 1.85. The molecule has 27 heavy (non-hydrogen) atoms. The minimum atomic E-state index is -0.801. The van der Waals surface area contributed by atoms with Crippen molar-refractivity contribution in [3.05, 3.63) is 29.8 Å². The van der Waals surface area contributed by atoms with Gasteiger partial charge in [-0.25, -0.2) is 0 Å². The molecule has 0 bridgehead atoms. The number of nitrogens with one attached hydrogen (secondary N) is 1. The first kappa shape index (κ1) is 19.6. The molecule has 0 spiro atoms. The van der Waals surface area contributed by atoms with Gasteiger partial charge in [-0.1, -0.05) is 18.2 Å². The monoisotopic (exact) mass is 375 g/mol. The van der Waals surface area contributed by atoms with Gasteiger partial charge in [-0.3, -0.25) is 19.4 Å². The third kappa shape index (κ3) is 4.78. The summed E-state index contributed by atoms with van der Waals surface area (Å²) in [5.74, 6) is 0.0856. The number of carboxylic acids is 1. The highest BCUT2D eigenvalue weighted by molar-refractivity contribution is 5.82. The molecular weight excluding hydrogens is 346 g/mol. The van der Waals surface area contributed by atoms with Crippen molar-refractivity contribution in [2.45, 2.75) is 44.3 Å². The molecule has 2 heterocycles. The van der Waals surface area contributed by atoms with E-state index in [1.165, 1.54) is 0 Å². The summed E-state index contributed by atoms with van der Waals surface area (Å²) in [4.78, 5) is 27.8. The zero-order valence-corrected chi connectivity index (χ0v) is 16.1. The van der Waals surface area contributed by atoms with Gasteiger partial charge in [-0.2, -0.15) is 0 Å². The van der Waals surface area contributed by atoms with Crippen LogP contribution in [-0.4, -0.2) is 72.2 Å². The zero-order chi connectivity index (χ0) is 19.4. The number of carboxylic acid groups (broad SMARTS) is 1. The summed E-state index contributed by atoms with van der Waals surface area (Å²) in [6, 6.07) is 7.90. The van der Waals surface area contributed by atoms with Crippen LogP contribution in [0.3, 0.4) is 0 Å². The summed E-state index contributed by atoms with van der Waals surface area (Å²) in [6.45, 7) is 4.21. The van der Waals surface area contributed by atoms with Crippen LogP contribution >= 0.6 is 0 Å². The number of aliphatic carboxylic acids is 1. The average molecular weight is 375 g/mol. The van der Waals surface area contributed by atoms with Crippen LogP contribution in [-0.2, 0) is 9.59 Å². The zero-order valence-electron chi connectivity index (χ0n) is 16.1. The standard InChI is InChI=1S/C20H29N3O4/c1-14(23-10-7-15(8-11-23)22(2)13-19(24)25)20(26)21-17-9-12-27-18-6-4-3-5-16(17)18/h3-6,14-15,17H,7-13H2,1-2H3,(H,21,26)(H,24,25). The van der Waals surface area contributed by atoms with Crippen LogP contribution in [0.15, 0.2) is 24.3 Å². The molecule has 1 amide bonds. The number of amides is 1. The van der Waals surface area contributed by atoms with E-state index in [1.54, 1.807) is 0 Å². The van der Waals surface area contributed by atoms with Crippen molar-refractivity contribution >= 4 is 11.9 Å². The van der Waals surface area contributed by atoms with Gasteiger partial charge in [0, 0.05) is 31.1 Å². The quantitative estimate of drug-likeness (QED) is 0.784. The number of likely N-dealkylation sites (tertiary alicyclic amines) is 1. The first-order chi connectivity index (χ1) is 13.0. The van der Waals surface area contributed by atoms with Crippen LogP contribution in [0.2, 0.25) is 0 Å². The number of hydrogen-bond acceptors (Lipinski definition) is 5. The van der Waals surface area contributed by atoms with E-state index in [0.717, 1.165) is 43.7 Å². The summed E-state index contributed by atoms with van der Waals surface area (Å²) >= 11 is 0. The summed E-state index contributed by atoms with van der Waals surface area (Å²) in [5.41, 5.74) is 1.04. The average Bonchev–Trinajstić information content (AvgIpc) is 2.67. The number of ether oxygens (including phenoxy) is 1. The topological polar surface area (TPSA) is 82.1 Å². The molecule has 3 rings (SSSR count). The number of carbonyl (C=O) groups is 2. The smallest absolute Gasteiger partial charge is 0.317 e. The second kappa shape index (κ2) is 8.71. The Kier molecular flexibility index (Phi) is 6.34. The minimum absolute atomic E-state index is 0.0101. The molecule has 1 aromatic rings. The first-order valence-electron chi connectivity index (χ1n) is 9.64. The van der Waals surface area contributed by atoms with Gasteiger partial charge in [0.15, 0.2) is 0 Å². The number of rotatable bonds is 6. The lowest BCUT2D eigenvalue weighted by atomic mass is 9.99. The number of benzene rings is 1. The van der Waals surface area contributed by atoms with Crippen LogP contribution in [0, 0.1) is 0 Å². The lowest BCUT2D eigenvalue weighted by Gasteiger charge is -2.39. The Labute approximate surface area is 160 Å². The van der Waals surface area contributed by atoms with Gasteiger partial charge in [-0.05, 0) is 32.9 Å². The molecule has 2 atom stereocenters. The van der Waals surface area contributed by atoms with Gasteiger partial charge in [0.05, 0.1) is 25.2 Å². The third-order valence-electron chi connectivity index (χ3n) is 5.71. The largest absolute Gasteiger partial charge is 0.493 e. The lowest BCUT2D eigenvalue weighted by Crippen LogP contribution is -2.52. The maximum atomic E-state index is 12.8. The Bertz CT molecular complexity index is 673. The van der Waals surface area contributed by atoms with E-state index in [4.69, 9.17) is 9.84 Å². The van der Waals surface area contributed by atoms with Gasteiger partial charge in [0.2, 0.25) is 5.91 Å². The highest BCUT2D eigenvalue weighted by Gasteiger charge is 2.30. The summed E-state index contributed by atoms with van der Waals surface area (Å²) in [5, 5.41) is 12.1. The fraction of sp³-hybridized carbons (Fsp3) is 0.600. The van der Waals surface area contributed by atoms with E-state index in [-0.39, 0.29) is 30.6 Å². The van der Waals surface area contributed by atoms with Gasteiger partial charge in [0.1, 0.15) is 5.75 Å². The molecular formula is C20H29N3O4. The van der Waals surface area contributed by atoms with Crippen molar-refractivity contribution in [1.82, 2.24) is 15.1 Å². The molecule has 2 aliphatic rings. The fourth-order valence-corrected chi connectivity index (χ4v) is 4.01. The van der Waals surface area contributed by atoms with Crippen molar-refractivity contribution in [3.63, 3.8) is 0 Å². The van der Waals surface area contributed by atoms with Gasteiger partial charge < -0.3 is 15.2 Å². The minimum Gasteiger partial charge on any atom is -0.493 e. The van der Waals surface area contributed by atoms with E-state index >= 15 is 0 Å². The molecule has 1 saturated heterocycles. The number of hydrogen-bond donors (Lipinski definition) is 2. The number of piperidine rings is 1. The second-order valence-corrected chi connectivity index (χ2v) is 7.49. The molecule has 1 aromatic carbocycles. The van der Waals surface area contributed by atoms with Crippen molar-refractivity contribution < 1.29 is 19.4 Å². The van der Waals surface area contributed by atoms with E-state index in [9.17, 15) is 9.59 Å². The number of fused-ring (bicyclic) bond motifs is 1. The molecule has 0 saturated carbocycles. The lowest BCUT2D eigenvalue weighted by molar-refractivity contribution is -0.138. The summed E-state index contributed by atoms with van der Waals surface area (Å²) < 4.78 is 5.67. The molecule has 2 N–H and O–H groups in total. The van der Waals surface area contributed by atoms with E-state index in [2.05, 4.69) is 10.2 Å². The van der Waals surface area contributed by atoms with Gasteiger partial charge in [-0.15, -0.1) is 0 Å². The fourth-order valence-electron chi connectivity index (χ4n) is 4.01. The van der Waals surface area contributed by atoms with E-state index < -0.39 is 5.97 Å². The Balaban J connectivity index is 1.53. The molecule has 2 unspecified atom stereocenters. The highest BCUT2D eigenvalue weighted by Crippen LogP contribution is 2.31. The number of para-hydroxylation sites is 1. The maximum absolute atomic E-state index is 12.8. The second-order valence-electron chi connectivity index (χ2n) is 7.49. The normalized spacial score (nSPS) is 22.0. The molecule has 7 nitrogen and oxygen atoms in total. The Morgan fingerprint density at radius 2 is 2.00 bits per heavy atom. The van der Waals surface area contributed by atoms with Crippen molar-refractivity contribution in [3.8, 4) is 5.75 Å². The molecule has 0 aliphatic carbocycles. The Morgan fingerprint density at radius 3 is 2.70 bits per heavy atom. The Hall–Kier alpha value is -2.12. The third-order valence-corrected chi connectivity index (χ3v) is 5.71. The summed E-state index contributed by atoms with van der Waals surface area (Å²) in [6.07, 6.45) is 2.53. The number of nitrogens with zero attached hydrogens (tertiary/aromatic N) is 2.